The lowest BCUT2D eigenvalue weighted by molar-refractivity contribution is -0.114. The zero-order chi connectivity index (χ0) is 28.6. The van der Waals surface area contributed by atoms with Gasteiger partial charge in [0.15, 0.2) is 34.8 Å². The van der Waals surface area contributed by atoms with Gasteiger partial charge in [0.05, 0.1) is 21.5 Å². The maximum Gasteiger partial charge on any atom is 0.280 e. The molecule has 1 aliphatic heterocycles. The average molecular weight is 697 g/mol. The first kappa shape index (κ1) is 29.1. The molecule has 3 aromatic carbocycles. The number of anilines is 1. The van der Waals surface area contributed by atoms with Gasteiger partial charge in [-0.2, -0.15) is 10.1 Å². The highest BCUT2D eigenvalue weighted by molar-refractivity contribution is 14.1. The summed E-state index contributed by atoms with van der Waals surface area (Å²) in [5, 5.41) is 4.79. The summed E-state index contributed by atoms with van der Waals surface area (Å²) in [4.78, 5) is 13.0. The number of hydrogen-bond donors (Lipinski definition) is 0. The number of hydrazone groups is 1. The molecular weight excluding hydrogens is 681 g/mol. The highest BCUT2D eigenvalue weighted by Gasteiger charge is 2.37. The molecule has 0 bridgehead atoms. The van der Waals surface area contributed by atoms with E-state index >= 15 is 0 Å². The van der Waals surface area contributed by atoms with E-state index in [0.717, 1.165) is 0 Å². The van der Waals surface area contributed by atoms with Gasteiger partial charge in [-0.15, -0.1) is 0 Å². The van der Waals surface area contributed by atoms with Gasteiger partial charge < -0.3 is 9.47 Å². The Morgan fingerprint density at radius 1 is 0.974 bits per heavy atom. The molecule has 13 heteroatoms. The first-order chi connectivity index (χ1) is 18.4. The quantitative estimate of drug-likeness (QED) is 0.0826. The van der Waals surface area contributed by atoms with Gasteiger partial charge >= 0.3 is 0 Å². The molecule has 1 aliphatic rings. The zero-order valence-electron chi connectivity index (χ0n) is 20.0. The van der Waals surface area contributed by atoms with Crippen LogP contribution in [0, 0.1) is 32.7 Å². The van der Waals surface area contributed by atoms with Crippen LogP contribution in [-0.2, 0) is 11.4 Å². The molecule has 0 atom stereocenters. The molecule has 1 amide bonds. The van der Waals surface area contributed by atoms with Gasteiger partial charge in [-0.1, -0.05) is 29.3 Å². The number of rotatable bonds is 7. The SMILES string of the molecule is CCOc1cc(/C=C2\C(=O)N(c3c(F)c(F)c(F)c(F)c3F)N=C2C)cc(I)c1OCc1ccc(Cl)cc1Cl. The summed E-state index contributed by atoms with van der Waals surface area (Å²) in [5.74, 6) is -11.4. The monoisotopic (exact) mass is 696 g/mol. The van der Waals surface area contributed by atoms with Crippen molar-refractivity contribution in [2.75, 3.05) is 11.6 Å². The summed E-state index contributed by atoms with van der Waals surface area (Å²) in [6.45, 7) is 3.50. The lowest BCUT2D eigenvalue weighted by Gasteiger charge is -2.16. The number of carbonyl (C=O) groups excluding carboxylic acids is 1. The minimum atomic E-state index is -2.34. The summed E-state index contributed by atoms with van der Waals surface area (Å²) in [5.41, 5.74) is -0.485. The average Bonchev–Trinajstić information content (AvgIpc) is 3.15. The molecule has 0 spiro atoms. The van der Waals surface area contributed by atoms with Gasteiger partial charge in [0.2, 0.25) is 5.82 Å². The predicted molar refractivity (Wildman–Crippen MR) is 146 cm³/mol. The van der Waals surface area contributed by atoms with Gasteiger partial charge in [-0.05, 0) is 72.3 Å². The van der Waals surface area contributed by atoms with Crippen LogP contribution in [0.5, 0.6) is 11.5 Å². The predicted octanol–water partition coefficient (Wildman–Crippen LogP) is 8.08. The molecule has 5 nitrogen and oxygen atoms in total. The molecule has 0 fully saturated rings. The third-order valence-electron chi connectivity index (χ3n) is 5.49. The van der Waals surface area contributed by atoms with Crippen molar-refractivity contribution < 1.29 is 36.2 Å². The fourth-order valence-corrected chi connectivity index (χ4v) is 4.89. The van der Waals surface area contributed by atoms with E-state index in [9.17, 15) is 26.7 Å². The summed E-state index contributed by atoms with van der Waals surface area (Å²) in [7, 11) is 0. The molecule has 0 unspecified atom stereocenters. The van der Waals surface area contributed by atoms with Crippen LogP contribution < -0.4 is 14.5 Å². The van der Waals surface area contributed by atoms with Gasteiger partial charge in [0.25, 0.3) is 5.91 Å². The van der Waals surface area contributed by atoms with E-state index in [1.165, 1.54) is 13.0 Å². The largest absolute Gasteiger partial charge is 0.490 e. The Kier molecular flexibility index (Phi) is 8.72. The Hall–Kier alpha value is -2.90. The Bertz CT molecular complexity index is 1540. The van der Waals surface area contributed by atoms with Gasteiger partial charge in [-0.25, -0.2) is 22.0 Å². The molecule has 0 radical (unpaired) electrons. The molecule has 0 saturated heterocycles. The Labute approximate surface area is 242 Å². The topological polar surface area (TPSA) is 51.1 Å². The van der Waals surface area contributed by atoms with Crippen LogP contribution in [0.4, 0.5) is 27.6 Å². The van der Waals surface area contributed by atoms with Crippen LogP contribution in [0.25, 0.3) is 6.08 Å². The van der Waals surface area contributed by atoms with E-state index in [2.05, 4.69) is 5.10 Å². The molecule has 4 rings (SSSR count). The van der Waals surface area contributed by atoms with E-state index in [4.69, 9.17) is 32.7 Å². The summed E-state index contributed by atoms with van der Waals surface area (Å²) >= 11 is 14.2. The first-order valence-electron chi connectivity index (χ1n) is 11.1. The van der Waals surface area contributed by atoms with Gasteiger partial charge in [-0.3, -0.25) is 4.79 Å². The standard InChI is InChI=1S/C26H16Cl2F5IN2O3/c1-3-38-18-8-12(7-17(34)25(18)39-10-13-4-5-14(27)9-16(13)28)6-15-11(2)35-36(26(15)37)24-22(32)20(30)19(29)21(31)23(24)33/h4-9H,3,10H2,1-2H3/b15-6-. The minimum absolute atomic E-state index is 0.00499. The van der Waals surface area contributed by atoms with Crippen LogP contribution in [-0.4, -0.2) is 18.2 Å². The van der Waals surface area contributed by atoms with Crippen LogP contribution >= 0.6 is 45.8 Å². The molecule has 0 saturated carbocycles. The molecular formula is C26H16Cl2F5IN2O3. The second-order valence-corrected chi connectivity index (χ2v) is 10.1. The van der Waals surface area contributed by atoms with Crippen molar-refractivity contribution in [2.24, 2.45) is 5.10 Å². The Morgan fingerprint density at radius 2 is 1.62 bits per heavy atom. The van der Waals surface area contributed by atoms with Crippen LogP contribution in [0.15, 0.2) is 41.0 Å². The molecule has 204 valence electrons. The summed E-state index contributed by atoms with van der Waals surface area (Å²) < 4.78 is 81.9. The highest BCUT2D eigenvalue weighted by Crippen LogP contribution is 2.38. The van der Waals surface area contributed by atoms with Crippen LogP contribution in [0.3, 0.4) is 0 Å². The fraction of sp³-hybridized carbons (Fsp3) is 0.154. The molecule has 1 heterocycles. The number of ether oxygens (including phenoxy) is 2. The first-order valence-corrected chi connectivity index (χ1v) is 12.9. The van der Waals surface area contributed by atoms with Crippen LogP contribution in [0.2, 0.25) is 10.0 Å². The molecule has 0 aromatic heterocycles. The van der Waals surface area contributed by atoms with Gasteiger partial charge in [0.1, 0.15) is 12.3 Å². The number of hydrogen-bond acceptors (Lipinski definition) is 4. The molecule has 3 aromatic rings. The van der Waals surface area contributed by atoms with E-state index < -0.39 is 40.7 Å². The number of halogens is 8. The smallest absolute Gasteiger partial charge is 0.280 e. The zero-order valence-corrected chi connectivity index (χ0v) is 23.7. The normalized spacial score (nSPS) is 14.3. The van der Waals surface area contributed by atoms with Crippen molar-refractivity contribution >= 4 is 69.2 Å². The second kappa shape index (κ2) is 11.7. The number of amides is 1. The second-order valence-electron chi connectivity index (χ2n) is 8.07. The maximum atomic E-state index is 14.3. The van der Waals surface area contributed by atoms with Crippen molar-refractivity contribution in [3.63, 3.8) is 0 Å². The minimum Gasteiger partial charge on any atom is -0.490 e. The third-order valence-corrected chi connectivity index (χ3v) is 6.88. The highest BCUT2D eigenvalue weighted by atomic mass is 127. The van der Waals surface area contributed by atoms with E-state index in [1.807, 2.05) is 22.6 Å². The lowest BCUT2D eigenvalue weighted by atomic mass is 10.1. The number of benzene rings is 3. The Balaban J connectivity index is 1.67. The summed E-state index contributed by atoms with van der Waals surface area (Å²) in [6.07, 6.45) is 1.36. The fourth-order valence-electron chi connectivity index (χ4n) is 3.64. The van der Waals surface area contributed by atoms with Crippen molar-refractivity contribution in [1.29, 1.82) is 0 Å². The molecule has 0 aliphatic carbocycles. The summed E-state index contributed by atoms with van der Waals surface area (Å²) in [6, 6.07) is 8.20. The van der Waals surface area contributed by atoms with Crippen molar-refractivity contribution in [3.8, 4) is 11.5 Å². The van der Waals surface area contributed by atoms with Crippen molar-refractivity contribution in [1.82, 2.24) is 0 Å². The Morgan fingerprint density at radius 3 is 2.23 bits per heavy atom. The van der Waals surface area contributed by atoms with E-state index in [0.29, 0.717) is 36.2 Å². The maximum absolute atomic E-state index is 14.3. The van der Waals surface area contributed by atoms with E-state index in [1.54, 1.807) is 37.3 Å². The number of carbonyl (C=O) groups is 1. The lowest BCUT2D eigenvalue weighted by Crippen LogP contribution is -2.25. The molecule has 0 N–H and O–H groups in total. The third kappa shape index (κ3) is 5.71. The number of nitrogens with zero attached hydrogens (tertiary/aromatic N) is 2. The van der Waals surface area contributed by atoms with Gasteiger partial charge in [0, 0.05) is 15.6 Å². The van der Waals surface area contributed by atoms with Crippen molar-refractivity contribution in [2.45, 2.75) is 20.5 Å². The van der Waals surface area contributed by atoms with E-state index in [-0.39, 0.29) is 29.5 Å². The van der Waals surface area contributed by atoms with Crippen molar-refractivity contribution in [3.05, 3.63) is 89.7 Å². The van der Waals surface area contributed by atoms with Crippen LogP contribution in [0.1, 0.15) is 25.0 Å². The molecule has 39 heavy (non-hydrogen) atoms.